The van der Waals surface area contributed by atoms with E-state index in [1.807, 2.05) is 44.2 Å². The number of nitrogens with one attached hydrogen (secondary N) is 1. The molecule has 0 spiro atoms. The van der Waals surface area contributed by atoms with E-state index >= 15 is 0 Å². The third-order valence-electron chi connectivity index (χ3n) is 6.22. The molecule has 0 aliphatic carbocycles. The molecule has 0 bridgehead atoms. The van der Waals surface area contributed by atoms with Crippen molar-refractivity contribution in [3.63, 3.8) is 0 Å². The van der Waals surface area contributed by atoms with E-state index in [4.69, 9.17) is 9.47 Å². The number of ether oxygens (including phenoxy) is 2. The maximum atomic E-state index is 13.0. The highest BCUT2D eigenvalue weighted by Crippen LogP contribution is 2.40. The van der Waals surface area contributed by atoms with Gasteiger partial charge in [0.2, 0.25) is 5.91 Å². The molecule has 0 saturated heterocycles. The summed E-state index contributed by atoms with van der Waals surface area (Å²) >= 11 is 0. The second kappa shape index (κ2) is 9.40. The molecule has 164 valence electrons. The van der Waals surface area contributed by atoms with Gasteiger partial charge in [0.25, 0.3) is 0 Å². The van der Waals surface area contributed by atoms with Crippen molar-refractivity contribution in [2.75, 3.05) is 27.3 Å². The highest BCUT2D eigenvalue weighted by atomic mass is 16.5. The minimum absolute atomic E-state index is 0.00479. The van der Waals surface area contributed by atoms with Gasteiger partial charge in [0.1, 0.15) is 5.54 Å². The van der Waals surface area contributed by atoms with Crippen LogP contribution in [0.3, 0.4) is 0 Å². The van der Waals surface area contributed by atoms with E-state index in [-0.39, 0.29) is 24.4 Å². The number of carbonyl (C=O) groups is 1. The van der Waals surface area contributed by atoms with Crippen LogP contribution < -0.4 is 14.8 Å². The average molecular weight is 422 g/mol. The lowest BCUT2D eigenvalue weighted by atomic mass is 9.87. The Balaban J connectivity index is 1.96. The molecule has 1 heterocycles. The van der Waals surface area contributed by atoms with Crippen LogP contribution in [0, 0.1) is 17.2 Å². The fourth-order valence-electron chi connectivity index (χ4n) is 4.01. The molecule has 2 atom stereocenters. The van der Waals surface area contributed by atoms with Gasteiger partial charge in [0.05, 0.1) is 32.9 Å². The second-order valence-electron chi connectivity index (χ2n) is 8.46. The highest BCUT2D eigenvalue weighted by Gasteiger charge is 2.34. The van der Waals surface area contributed by atoms with Crippen molar-refractivity contribution < 1.29 is 14.3 Å². The molecule has 1 N–H and O–H groups in total. The van der Waals surface area contributed by atoms with Gasteiger partial charge in [0.15, 0.2) is 11.5 Å². The summed E-state index contributed by atoms with van der Waals surface area (Å²) in [6.45, 7) is 6.57. The molecular weight excluding hydrogens is 390 g/mol. The first-order chi connectivity index (χ1) is 14.8. The summed E-state index contributed by atoms with van der Waals surface area (Å²) in [7, 11) is 3.27. The minimum atomic E-state index is -0.899. The molecule has 2 aromatic rings. The van der Waals surface area contributed by atoms with E-state index in [2.05, 4.69) is 28.4 Å². The van der Waals surface area contributed by atoms with Gasteiger partial charge in [-0.25, -0.2) is 0 Å². The Bertz CT molecular complexity index is 968. The Morgan fingerprint density at radius 1 is 1.23 bits per heavy atom. The quantitative estimate of drug-likeness (QED) is 0.738. The average Bonchev–Trinajstić information content (AvgIpc) is 2.78. The molecule has 3 rings (SSSR count). The van der Waals surface area contributed by atoms with Gasteiger partial charge in [0, 0.05) is 6.54 Å². The molecule has 0 fully saturated rings. The van der Waals surface area contributed by atoms with Crippen LogP contribution >= 0.6 is 0 Å². The van der Waals surface area contributed by atoms with E-state index in [0.29, 0.717) is 11.5 Å². The van der Waals surface area contributed by atoms with Crippen LogP contribution in [0.2, 0.25) is 0 Å². The van der Waals surface area contributed by atoms with Crippen LogP contribution in [0.25, 0.3) is 0 Å². The zero-order valence-corrected chi connectivity index (χ0v) is 18.9. The Morgan fingerprint density at radius 3 is 2.45 bits per heavy atom. The van der Waals surface area contributed by atoms with E-state index < -0.39 is 5.54 Å². The van der Waals surface area contributed by atoms with Crippen LogP contribution in [0.1, 0.15) is 43.5 Å². The molecule has 0 saturated carbocycles. The lowest BCUT2D eigenvalue weighted by Crippen LogP contribution is -2.52. The predicted molar refractivity (Wildman–Crippen MR) is 120 cm³/mol. The standard InChI is InChI=1S/C25H31N3O3/c1-17(2)25(3,16-26)27-23(29)15-28-12-11-19-13-21(30-4)22(31-5)14-20(19)24(28)18-9-7-6-8-10-18/h6-10,13-14,17,24H,11-12,15H2,1-5H3,(H,27,29)/t24-,25+/m0/s1. The van der Waals surface area contributed by atoms with E-state index in [1.54, 1.807) is 21.1 Å². The molecule has 0 radical (unpaired) electrons. The topological polar surface area (TPSA) is 74.6 Å². The molecule has 1 aliphatic rings. The Hall–Kier alpha value is -3.04. The van der Waals surface area contributed by atoms with Crippen molar-refractivity contribution in [3.8, 4) is 17.6 Å². The monoisotopic (exact) mass is 421 g/mol. The number of nitriles is 1. The fraction of sp³-hybridized carbons (Fsp3) is 0.440. The third-order valence-corrected chi connectivity index (χ3v) is 6.22. The van der Waals surface area contributed by atoms with E-state index in [0.717, 1.165) is 24.1 Å². The number of methoxy groups -OCH3 is 2. The molecule has 2 aromatic carbocycles. The van der Waals surface area contributed by atoms with Gasteiger partial charge >= 0.3 is 0 Å². The predicted octanol–water partition coefficient (Wildman–Crippen LogP) is 3.71. The van der Waals surface area contributed by atoms with Gasteiger partial charge in [-0.05, 0) is 48.1 Å². The summed E-state index contributed by atoms with van der Waals surface area (Å²) in [4.78, 5) is 15.1. The maximum Gasteiger partial charge on any atom is 0.235 e. The number of amides is 1. The summed E-state index contributed by atoms with van der Waals surface area (Å²) in [6, 6.07) is 16.4. The molecule has 1 aliphatic heterocycles. The Kier molecular flexibility index (Phi) is 6.87. The van der Waals surface area contributed by atoms with Crippen LogP contribution in [0.5, 0.6) is 11.5 Å². The zero-order chi connectivity index (χ0) is 22.6. The number of hydrogen-bond acceptors (Lipinski definition) is 5. The van der Waals surface area contributed by atoms with Crippen molar-refractivity contribution in [1.29, 1.82) is 5.26 Å². The van der Waals surface area contributed by atoms with Crippen molar-refractivity contribution in [2.24, 2.45) is 5.92 Å². The molecule has 6 nitrogen and oxygen atoms in total. The molecule has 0 aromatic heterocycles. The van der Waals surface area contributed by atoms with Gasteiger partial charge in [-0.2, -0.15) is 5.26 Å². The molecule has 1 amide bonds. The summed E-state index contributed by atoms with van der Waals surface area (Å²) in [5, 5.41) is 12.5. The smallest absolute Gasteiger partial charge is 0.235 e. The van der Waals surface area contributed by atoms with Crippen LogP contribution in [0.15, 0.2) is 42.5 Å². The summed E-state index contributed by atoms with van der Waals surface area (Å²) in [6.07, 6.45) is 0.798. The van der Waals surface area contributed by atoms with Crippen LogP contribution in [-0.4, -0.2) is 43.7 Å². The SMILES string of the molecule is COc1cc2c(cc1OC)[C@H](c1ccccc1)N(CC(=O)N[C@](C)(C#N)C(C)C)CC2. The van der Waals surface area contributed by atoms with E-state index in [1.165, 1.54) is 5.56 Å². The number of rotatable bonds is 7. The maximum absolute atomic E-state index is 13.0. The van der Waals surface area contributed by atoms with Crippen molar-refractivity contribution in [1.82, 2.24) is 10.2 Å². The third kappa shape index (κ3) is 4.67. The van der Waals surface area contributed by atoms with Crippen molar-refractivity contribution in [3.05, 3.63) is 59.2 Å². The van der Waals surface area contributed by atoms with E-state index in [9.17, 15) is 10.1 Å². The largest absolute Gasteiger partial charge is 0.493 e. The lowest BCUT2D eigenvalue weighted by Gasteiger charge is -2.38. The van der Waals surface area contributed by atoms with Crippen molar-refractivity contribution >= 4 is 5.91 Å². The Morgan fingerprint density at radius 2 is 1.87 bits per heavy atom. The van der Waals surface area contributed by atoms with Gasteiger partial charge < -0.3 is 14.8 Å². The summed E-state index contributed by atoms with van der Waals surface area (Å²) < 4.78 is 11.0. The molecule has 6 heteroatoms. The molecule has 0 unspecified atom stereocenters. The summed E-state index contributed by atoms with van der Waals surface area (Å²) in [5.41, 5.74) is 2.50. The van der Waals surface area contributed by atoms with Crippen LogP contribution in [-0.2, 0) is 11.2 Å². The normalized spacial score (nSPS) is 17.9. The summed E-state index contributed by atoms with van der Waals surface area (Å²) in [5.74, 6) is 1.24. The highest BCUT2D eigenvalue weighted by molar-refractivity contribution is 5.79. The number of nitrogens with zero attached hydrogens (tertiary/aromatic N) is 2. The fourth-order valence-corrected chi connectivity index (χ4v) is 4.01. The second-order valence-corrected chi connectivity index (χ2v) is 8.46. The first-order valence-corrected chi connectivity index (χ1v) is 10.6. The Labute approximate surface area is 184 Å². The van der Waals surface area contributed by atoms with Crippen LogP contribution in [0.4, 0.5) is 0 Å². The number of fused-ring (bicyclic) bond motifs is 1. The molecule has 31 heavy (non-hydrogen) atoms. The first-order valence-electron chi connectivity index (χ1n) is 10.6. The number of hydrogen-bond donors (Lipinski definition) is 1. The van der Waals surface area contributed by atoms with Gasteiger partial charge in [-0.3, -0.25) is 9.69 Å². The zero-order valence-electron chi connectivity index (χ0n) is 18.9. The lowest BCUT2D eigenvalue weighted by molar-refractivity contribution is -0.124. The van der Waals surface area contributed by atoms with Gasteiger partial charge in [-0.1, -0.05) is 44.2 Å². The minimum Gasteiger partial charge on any atom is -0.493 e. The first kappa shape index (κ1) is 22.6. The number of benzene rings is 2. The molecular formula is C25H31N3O3. The van der Waals surface area contributed by atoms with Crippen molar-refractivity contribution in [2.45, 2.75) is 38.8 Å². The number of carbonyl (C=O) groups excluding carboxylic acids is 1. The van der Waals surface area contributed by atoms with Gasteiger partial charge in [-0.15, -0.1) is 0 Å².